The number of hydrogen-bond acceptors (Lipinski definition) is 0. The van der Waals surface area contributed by atoms with Crippen molar-refractivity contribution in [2.24, 2.45) is 0 Å². The Kier molecular flexibility index (Phi) is 8.28. The van der Waals surface area contributed by atoms with Gasteiger partial charge < -0.3 is 0 Å². The minimum absolute atomic E-state index is 0.222. The summed E-state index contributed by atoms with van der Waals surface area (Å²) in [5, 5.41) is 1.61. The predicted molar refractivity (Wildman–Crippen MR) is 127 cm³/mol. The Morgan fingerprint density at radius 2 is 1.63 bits per heavy atom. The monoisotopic (exact) mass is 398 g/mol. The maximum absolute atomic E-state index is 15.0. The van der Waals surface area contributed by atoms with Crippen LogP contribution in [-0.4, -0.2) is 0 Å². The van der Waals surface area contributed by atoms with Gasteiger partial charge in [0.25, 0.3) is 0 Å². The van der Waals surface area contributed by atoms with E-state index in [1.165, 1.54) is 36.8 Å². The van der Waals surface area contributed by atoms with Crippen molar-refractivity contribution in [2.75, 3.05) is 0 Å². The average molecular weight is 399 g/mol. The molecular formula is C29H31F. The van der Waals surface area contributed by atoms with Gasteiger partial charge in [-0.1, -0.05) is 86.6 Å². The van der Waals surface area contributed by atoms with Crippen molar-refractivity contribution in [1.82, 2.24) is 0 Å². The molecular weight excluding hydrogens is 367 g/mol. The molecule has 3 rings (SSSR count). The number of allylic oxidation sites excluding steroid dienone is 2. The van der Waals surface area contributed by atoms with Gasteiger partial charge in [0.1, 0.15) is 5.82 Å². The van der Waals surface area contributed by atoms with E-state index < -0.39 is 0 Å². The molecule has 0 spiro atoms. The molecule has 0 heterocycles. The SMILES string of the molecule is C/C=C/CCc1ccc(C#Cc2ccc3cc(CCCCCC)ccc3c2F)cc1. The Bertz CT molecular complexity index is 1050. The lowest BCUT2D eigenvalue weighted by Crippen LogP contribution is -1.90. The zero-order valence-electron chi connectivity index (χ0n) is 18.2. The van der Waals surface area contributed by atoms with Crippen LogP contribution in [-0.2, 0) is 12.8 Å². The van der Waals surface area contributed by atoms with Crippen molar-refractivity contribution in [3.8, 4) is 11.8 Å². The van der Waals surface area contributed by atoms with E-state index in [4.69, 9.17) is 0 Å². The van der Waals surface area contributed by atoms with Gasteiger partial charge in [-0.2, -0.15) is 0 Å². The second-order valence-corrected chi connectivity index (χ2v) is 7.85. The third-order valence-electron chi connectivity index (χ3n) is 5.47. The summed E-state index contributed by atoms with van der Waals surface area (Å²) in [5.41, 5.74) is 3.94. The first kappa shape index (κ1) is 21.8. The minimum Gasteiger partial charge on any atom is -0.205 e. The van der Waals surface area contributed by atoms with Crippen LogP contribution in [0.15, 0.2) is 66.7 Å². The summed E-state index contributed by atoms with van der Waals surface area (Å²) in [5.74, 6) is 5.91. The normalized spacial score (nSPS) is 11.0. The highest BCUT2D eigenvalue weighted by atomic mass is 19.1. The minimum atomic E-state index is -0.222. The largest absolute Gasteiger partial charge is 0.205 e. The summed E-state index contributed by atoms with van der Waals surface area (Å²) in [4.78, 5) is 0. The molecule has 0 saturated heterocycles. The molecule has 0 atom stereocenters. The molecule has 30 heavy (non-hydrogen) atoms. The third kappa shape index (κ3) is 6.07. The fourth-order valence-electron chi connectivity index (χ4n) is 3.66. The molecule has 3 aromatic rings. The van der Waals surface area contributed by atoms with E-state index in [1.54, 1.807) is 6.07 Å². The molecule has 154 valence electrons. The lowest BCUT2D eigenvalue weighted by Gasteiger charge is -2.06. The van der Waals surface area contributed by atoms with Gasteiger partial charge in [-0.05, 0) is 67.3 Å². The van der Waals surface area contributed by atoms with Crippen molar-refractivity contribution in [3.63, 3.8) is 0 Å². The molecule has 3 aromatic carbocycles. The molecule has 0 aliphatic carbocycles. The van der Waals surface area contributed by atoms with Crippen LogP contribution in [0.4, 0.5) is 4.39 Å². The zero-order chi connectivity index (χ0) is 21.2. The summed E-state index contributed by atoms with van der Waals surface area (Å²) in [6.45, 7) is 4.26. The van der Waals surface area contributed by atoms with Gasteiger partial charge in [0.2, 0.25) is 0 Å². The van der Waals surface area contributed by atoms with Crippen molar-refractivity contribution >= 4 is 10.8 Å². The molecule has 0 radical (unpaired) electrons. The smallest absolute Gasteiger partial charge is 0.146 e. The van der Waals surface area contributed by atoms with Crippen LogP contribution in [0.25, 0.3) is 10.8 Å². The average Bonchev–Trinajstić information content (AvgIpc) is 2.77. The number of rotatable bonds is 8. The fraction of sp³-hybridized carbons (Fsp3) is 0.310. The lowest BCUT2D eigenvalue weighted by molar-refractivity contribution is 0.636. The number of fused-ring (bicyclic) bond motifs is 1. The van der Waals surface area contributed by atoms with E-state index in [2.05, 4.69) is 55.2 Å². The highest BCUT2D eigenvalue weighted by molar-refractivity contribution is 5.85. The molecule has 0 nitrogen and oxygen atoms in total. The number of aryl methyl sites for hydroxylation is 2. The van der Waals surface area contributed by atoms with E-state index in [-0.39, 0.29) is 5.82 Å². The molecule has 0 bridgehead atoms. The quantitative estimate of drug-likeness (QED) is 0.205. The molecule has 0 fully saturated rings. The molecule has 0 N–H and O–H groups in total. The van der Waals surface area contributed by atoms with Crippen molar-refractivity contribution in [3.05, 3.63) is 94.8 Å². The Hall–Kier alpha value is -2.85. The van der Waals surface area contributed by atoms with Gasteiger partial charge in [0.15, 0.2) is 0 Å². The first-order chi connectivity index (χ1) is 14.7. The first-order valence-electron chi connectivity index (χ1n) is 11.1. The number of benzene rings is 3. The summed E-state index contributed by atoms with van der Waals surface area (Å²) in [6, 6.07) is 18.1. The van der Waals surface area contributed by atoms with E-state index in [9.17, 15) is 4.39 Å². The van der Waals surface area contributed by atoms with Crippen molar-refractivity contribution in [1.29, 1.82) is 0 Å². The molecule has 0 amide bonds. The van der Waals surface area contributed by atoms with E-state index >= 15 is 0 Å². The second-order valence-electron chi connectivity index (χ2n) is 7.85. The van der Waals surface area contributed by atoms with E-state index in [0.29, 0.717) is 10.9 Å². The topological polar surface area (TPSA) is 0 Å². The van der Waals surface area contributed by atoms with Gasteiger partial charge in [0, 0.05) is 10.9 Å². The maximum Gasteiger partial charge on any atom is 0.146 e. The van der Waals surface area contributed by atoms with Crippen LogP contribution >= 0.6 is 0 Å². The zero-order valence-corrected chi connectivity index (χ0v) is 18.2. The Morgan fingerprint density at radius 3 is 2.40 bits per heavy atom. The molecule has 0 unspecified atom stereocenters. The summed E-state index contributed by atoms with van der Waals surface area (Å²) in [7, 11) is 0. The van der Waals surface area contributed by atoms with Gasteiger partial charge in [-0.15, -0.1) is 0 Å². The van der Waals surface area contributed by atoms with Crippen LogP contribution in [0.3, 0.4) is 0 Å². The molecule has 1 heteroatoms. The second kappa shape index (κ2) is 11.4. The van der Waals surface area contributed by atoms with Crippen LogP contribution in [0.1, 0.15) is 68.2 Å². The Labute approximate surface area is 180 Å². The van der Waals surface area contributed by atoms with E-state index in [0.717, 1.165) is 30.2 Å². The summed E-state index contributed by atoms with van der Waals surface area (Å²) >= 11 is 0. The highest BCUT2D eigenvalue weighted by Gasteiger charge is 2.06. The maximum atomic E-state index is 15.0. The molecule has 0 aliphatic rings. The van der Waals surface area contributed by atoms with Gasteiger partial charge >= 0.3 is 0 Å². The molecule has 0 saturated carbocycles. The third-order valence-corrected chi connectivity index (χ3v) is 5.47. The lowest BCUT2D eigenvalue weighted by atomic mass is 10.00. The van der Waals surface area contributed by atoms with Crippen LogP contribution < -0.4 is 0 Å². The van der Waals surface area contributed by atoms with Crippen LogP contribution in [0.2, 0.25) is 0 Å². The van der Waals surface area contributed by atoms with Crippen LogP contribution in [0.5, 0.6) is 0 Å². The van der Waals surface area contributed by atoms with Crippen molar-refractivity contribution < 1.29 is 4.39 Å². The Balaban J connectivity index is 1.72. The number of halogens is 1. The predicted octanol–water partition coefficient (Wildman–Crippen LogP) is 8.01. The summed E-state index contributed by atoms with van der Waals surface area (Å²) in [6.07, 6.45) is 12.4. The van der Waals surface area contributed by atoms with E-state index in [1.807, 2.05) is 31.2 Å². The fourth-order valence-corrected chi connectivity index (χ4v) is 3.66. The first-order valence-corrected chi connectivity index (χ1v) is 11.1. The number of hydrogen-bond donors (Lipinski definition) is 0. The van der Waals surface area contributed by atoms with Crippen molar-refractivity contribution in [2.45, 2.75) is 58.8 Å². The standard InChI is InChI=1S/C29H31F/c1-3-5-7-9-11-25-17-21-28-27(22-25)20-19-26(29(28)30)18-16-24-14-12-23(13-15-24)10-8-6-4-2/h4,6,12-15,17,19-22H,3,5,7-11H2,1-2H3/b6-4+. The van der Waals surface area contributed by atoms with Gasteiger partial charge in [-0.25, -0.2) is 4.39 Å². The Morgan fingerprint density at radius 1 is 0.833 bits per heavy atom. The van der Waals surface area contributed by atoms with Gasteiger partial charge in [0.05, 0.1) is 5.56 Å². The number of unbranched alkanes of at least 4 members (excludes halogenated alkanes) is 3. The molecule has 0 aliphatic heterocycles. The molecule has 0 aromatic heterocycles. The van der Waals surface area contributed by atoms with Crippen LogP contribution in [0, 0.1) is 17.7 Å². The van der Waals surface area contributed by atoms with Gasteiger partial charge in [-0.3, -0.25) is 0 Å². The summed E-state index contributed by atoms with van der Waals surface area (Å²) < 4.78 is 15.0. The highest BCUT2D eigenvalue weighted by Crippen LogP contribution is 2.23.